The topological polar surface area (TPSA) is 47.0 Å². The van der Waals surface area contributed by atoms with Crippen molar-refractivity contribution in [1.29, 1.82) is 0 Å². The summed E-state index contributed by atoms with van der Waals surface area (Å²) in [4.78, 5) is 18.3. The molecule has 2 aliphatic rings. The SMILES string of the molecule is CN1CCN(CC(C(=O)O)C2CCN(C)C2)CC1. The minimum atomic E-state index is -0.616. The van der Waals surface area contributed by atoms with Crippen LogP contribution in [0.5, 0.6) is 0 Å². The second-order valence-electron chi connectivity index (χ2n) is 5.86. The Morgan fingerprint density at radius 3 is 2.33 bits per heavy atom. The third kappa shape index (κ3) is 3.43. The number of nitrogens with zero attached hydrogens (tertiary/aromatic N) is 3. The first-order valence-corrected chi connectivity index (χ1v) is 6.88. The molecule has 2 saturated heterocycles. The van der Waals surface area contributed by atoms with Crippen molar-refractivity contribution in [2.24, 2.45) is 11.8 Å². The van der Waals surface area contributed by atoms with E-state index in [1.54, 1.807) is 0 Å². The van der Waals surface area contributed by atoms with Gasteiger partial charge in [0.2, 0.25) is 0 Å². The zero-order valence-electron chi connectivity index (χ0n) is 11.5. The highest BCUT2D eigenvalue weighted by Gasteiger charge is 2.34. The molecule has 0 aliphatic carbocycles. The van der Waals surface area contributed by atoms with E-state index in [0.717, 1.165) is 52.2 Å². The van der Waals surface area contributed by atoms with Crippen molar-refractivity contribution in [3.8, 4) is 0 Å². The number of carbonyl (C=O) groups is 1. The zero-order valence-corrected chi connectivity index (χ0v) is 11.5. The number of piperazine rings is 1. The van der Waals surface area contributed by atoms with Crippen LogP contribution in [0.2, 0.25) is 0 Å². The van der Waals surface area contributed by atoms with Crippen molar-refractivity contribution in [3.63, 3.8) is 0 Å². The van der Waals surface area contributed by atoms with Gasteiger partial charge in [-0.2, -0.15) is 0 Å². The number of aliphatic carboxylic acids is 1. The van der Waals surface area contributed by atoms with Crippen LogP contribution in [0.25, 0.3) is 0 Å². The monoisotopic (exact) mass is 255 g/mol. The smallest absolute Gasteiger partial charge is 0.308 e. The maximum absolute atomic E-state index is 11.5. The Labute approximate surface area is 109 Å². The van der Waals surface area contributed by atoms with Gasteiger partial charge in [0.15, 0.2) is 0 Å². The Kier molecular flexibility index (Phi) is 4.59. The van der Waals surface area contributed by atoms with Gasteiger partial charge in [0.25, 0.3) is 0 Å². The molecule has 0 spiro atoms. The molecule has 2 heterocycles. The lowest BCUT2D eigenvalue weighted by molar-refractivity contribution is -0.144. The van der Waals surface area contributed by atoms with Gasteiger partial charge in [0.05, 0.1) is 5.92 Å². The molecule has 2 rings (SSSR count). The number of carboxylic acid groups (broad SMARTS) is 1. The number of likely N-dealkylation sites (tertiary alicyclic amines) is 1. The summed E-state index contributed by atoms with van der Waals surface area (Å²) < 4.78 is 0. The van der Waals surface area contributed by atoms with E-state index in [4.69, 9.17) is 0 Å². The third-order valence-corrected chi connectivity index (χ3v) is 4.36. The molecule has 18 heavy (non-hydrogen) atoms. The number of hydrogen-bond acceptors (Lipinski definition) is 4. The Bertz CT molecular complexity index is 290. The largest absolute Gasteiger partial charge is 0.481 e. The molecule has 2 aliphatic heterocycles. The summed E-state index contributed by atoms with van der Waals surface area (Å²) in [6.07, 6.45) is 1.03. The van der Waals surface area contributed by atoms with Crippen LogP contribution < -0.4 is 0 Å². The average molecular weight is 255 g/mol. The maximum Gasteiger partial charge on any atom is 0.308 e. The van der Waals surface area contributed by atoms with Gasteiger partial charge in [-0.15, -0.1) is 0 Å². The van der Waals surface area contributed by atoms with Gasteiger partial charge in [0, 0.05) is 39.3 Å². The van der Waals surface area contributed by atoms with E-state index >= 15 is 0 Å². The molecule has 1 N–H and O–H groups in total. The summed E-state index contributed by atoms with van der Waals surface area (Å²) in [6.45, 7) is 6.81. The van der Waals surface area contributed by atoms with Gasteiger partial charge in [-0.25, -0.2) is 0 Å². The molecule has 2 atom stereocenters. The summed E-state index contributed by atoms with van der Waals surface area (Å²) >= 11 is 0. The van der Waals surface area contributed by atoms with Crippen LogP contribution in [-0.4, -0.2) is 85.7 Å². The van der Waals surface area contributed by atoms with E-state index in [1.807, 2.05) is 0 Å². The molecule has 104 valence electrons. The second-order valence-corrected chi connectivity index (χ2v) is 5.86. The van der Waals surface area contributed by atoms with Crippen LogP contribution in [0.15, 0.2) is 0 Å². The molecule has 5 heteroatoms. The van der Waals surface area contributed by atoms with Crippen molar-refractivity contribution < 1.29 is 9.90 Å². The van der Waals surface area contributed by atoms with Crippen LogP contribution in [0, 0.1) is 11.8 Å². The Morgan fingerprint density at radius 2 is 1.83 bits per heavy atom. The van der Waals surface area contributed by atoms with E-state index in [-0.39, 0.29) is 5.92 Å². The molecule has 0 amide bonds. The average Bonchev–Trinajstić information content (AvgIpc) is 2.74. The quantitative estimate of drug-likeness (QED) is 0.759. The number of likely N-dealkylation sites (N-methyl/N-ethyl adjacent to an activating group) is 1. The summed E-state index contributed by atoms with van der Waals surface area (Å²) in [7, 11) is 4.20. The van der Waals surface area contributed by atoms with E-state index in [1.165, 1.54) is 0 Å². The molecule has 5 nitrogen and oxygen atoms in total. The molecular formula is C13H25N3O2. The predicted octanol–water partition coefficient (Wildman–Crippen LogP) is -0.114. The van der Waals surface area contributed by atoms with Gasteiger partial charge in [-0.3, -0.25) is 9.69 Å². The highest BCUT2D eigenvalue weighted by atomic mass is 16.4. The van der Waals surface area contributed by atoms with Crippen molar-refractivity contribution in [1.82, 2.24) is 14.7 Å². The first kappa shape index (κ1) is 13.8. The normalized spacial score (nSPS) is 29.6. The first-order valence-electron chi connectivity index (χ1n) is 6.88. The fourth-order valence-electron chi connectivity index (χ4n) is 3.03. The maximum atomic E-state index is 11.5. The van der Waals surface area contributed by atoms with E-state index < -0.39 is 5.97 Å². The molecule has 0 aromatic heterocycles. The number of hydrogen-bond donors (Lipinski definition) is 1. The van der Waals surface area contributed by atoms with Crippen LogP contribution >= 0.6 is 0 Å². The molecule has 2 fully saturated rings. The lowest BCUT2D eigenvalue weighted by Crippen LogP contribution is -2.48. The molecule has 2 unspecified atom stereocenters. The van der Waals surface area contributed by atoms with Crippen LogP contribution in [0.3, 0.4) is 0 Å². The lowest BCUT2D eigenvalue weighted by Gasteiger charge is -2.35. The minimum Gasteiger partial charge on any atom is -0.481 e. The molecule has 0 aromatic carbocycles. The van der Waals surface area contributed by atoms with Gasteiger partial charge in [-0.1, -0.05) is 0 Å². The van der Waals surface area contributed by atoms with Gasteiger partial charge < -0.3 is 14.9 Å². The van der Waals surface area contributed by atoms with Crippen molar-refractivity contribution in [2.75, 3.05) is 59.9 Å². The van der Waals surface area contributed by atoms with E-state index in [2.05, 4.69) is 28.8 Å². The molecule has 0 saturated carbocycles. The summed E-state index contributed by atoms with van der Waals surface area (Å²) in [5.41, 5.74) is 0. The molecule has 0 bridgehead atoms. The van der Waals surface area contributed by atoms with Crippen molar-refractivity contribution in [2.45, 2.75) is 6.42 Å². The van der Waals surface area contributed by atoms with Gasteiger partial charge in [-0.05, 0) is 33.0 Å². The molecule has 0 aromatic rings. The third-order valence-electron chi connectivity index (χ3n) is 4.36. The lowest BCUT2D eigenvalue weighted by atomic mass is 9.91. The predicted molar refractivity (Wildman–Crippen MR) is 70.7 cm³/mol. The summed E-state index contributed by atoms with van der Waals surface area (Å²) in [6, 6.07) is 0. The highest BCUT2D eigenvalue weighted by molar-refractivity contribution is 5.70. The molecular weight excluding hydrogens is 230 g/mol. The number of rotatable bonds is 4. The second kappa shape index (κ2) is 5.99. The van der Waals surface area contributed by atoms with Crippen LogP contribution in [0.4, 0.5) is 0 Å². The van der Waals surface area contributed by atoms with E-state index in [9.17, 15) is 9.90 Å². The first-order chi connectivity index (χ1) is 8.56. The van der Waals surface area contributed by atoms with E-state index in [0.29, 0.717) is 5.92 Å². The Hall–Kier alpha value is -0.650. The van der Waals surface area contributed by atoms with Crippen LogP contribution in [0.1, 0.15) is 6.42 Å². The summed E-state index contributed by atoms with van der Waals surface area (Å²) in [5, 5.41) is 9.45. The Morgan fingerprint density at radius 1 is 1.17 bits per heavy atom. The summed E-state index contributed by atoms with van der Waals surface area (Å²) in [5.74, 6) is -0.486. The van der Waals surface area contributed by atoms with Crippen molar-refractivity contribution >= 4 is 5.97 Å². The number of carboxylic acids is 1. The Balaban J connectivity index is 1.88. The fraction of sp³-hybridized carbons (Fsp3) is 0.923. The van der Waals surface area contributed by atoms with Crippen molar-refractivity contribution in [3.05, 3.63) is 0 Å². The van der Waals surface area contributed by atoms with Gasteiger partial charge >= 0.3 is 5.97 Å². The van der Waals surface area contributed by atoms with Crippen LogP contribution in [-0.2, 0) is 4.79 Å². The van der Waals surface area contributed by atoms with Gasteiger partial charge in [0.1, 0.15) is 0 Å². The zero-order chi connectivity index (χ0) is 13.1. The molecule has 0 radical (unpaired) electrons. The minimum absolute atomic E-state index is 0.196. The fourth-order valence-corrected chi connectivity index (χ4v) is 3.03. The highest BCUT2D eigenvalue weighted by Crippen LogP contribution is 2.24. The standard InChI is InChI=1S/C13H25N3O2/c1-14-5-7-16(8-6-14)10-12(13(17)18)11-3-4-15(2)9-11/h11-12H,3-10H2,1-2H3,(H,17,18).